The van der Waals surface area contributed by atoms with Crippen molar-refractivity contribution in [1.82, 2.24) is 10.3 Å². The van der Waals surface area contributed by atoms with Crippen LogP contribution in [0.4, 0.5) is 0 Å². The van der Waals surface area contributed by atoms with Crippen molar-refractivity contribution in [3.63, 3.8) is 0 Å². The third kappa shape index (κ3) is 4.56. The van der Waals surface area contributed by atoms with Crippen LogP contribution in [0.5, 0.6) is 0 Å². The number of pyridine rings is 1. The first-order valence-electron chi connectivity index (χ1n) is 10.6. The van der Waals surface area contributed by atoms with Gasteiger partial charge in [-0.1, -0.05) is 66.7 Å². The summed E-state index contributed by atoms with van der Waals surface area (Å²) in [5.41, 5.74) is 3.88. The van der Waals surface area contributed by atoms with Crippen LogP contribution in [0.3, 0.4) is 0 Å². The number of hydrogen-bond acceptors (Lipinski definition) is 2. The molecular formula is C26H28N2O. The second kappa shape index (κ2) is 9.04. The maximum atomic E-state index is 12.6. The van der Waals surface area contributed by atoms with Crippen molar-refractivity contribution in [3.05, 3.63) is 102 Å². The van der Waals surface area contributed by atoms with Crippen molar-refractivity contribution in [2.24, 2.45) is 5.92 Å². The van der Waals surface area contributed by atoms with Gasteiger partial charge in [-0.05, 0) is 54.4 Å². The quantitative estimate of drug-likeness (QED) is 0.532. The Labute approximate surface area is 173 Å². The lowest BCUT2D eigenvalue weighted by Gasteiger charge is -2.19. The lowest BCUT2D eigenvalue weighted by Crippen LogP contribution is -2.26. The molecule has 1 saturated carbocycles. The van der Waals surface area contributed by atoms with Crippen molar-refractivity contribution in [3.8, 4) is 0 Å². The highest BCUT2D eigenvalue weighted by molar-refractivity contribution is 5.77. The molecule has 4 rings (SSSR count). The van der Waals surface area contributed by atoms with Crippen molar-refractivity contribution < 1.29 is 4.79 Å². The average molecular weight is 385 g/mol. The number of aromatic nitrogens is 1. The molecule has 148 valence electrons. The summed E-state index contributed by atoms with van der Waals surface area (Å²) in [5.74, 6) is 0.535. The zero-order valence-electron chi connectivity index (χ0n) is 16.8. The van der Waals surface area contributed by atoms with E-state index in [9.17, 15) is 4.79 Å². The van der Waals surface area contributed by atoms with Crippen LogP contribution in [0.1, 0.15) is 42.4 Å². The van der Waals surface area contributed by atoms with E-state index in [1.165, 1.54) is 16.7 Å². The van der Waals surface area contributed by atoms with Crippen LogP contribution in [0.15, 0.2) is 85.2 Å². The van der Waals surface area contributed by atoms with Gasteiger partial charge in [0, 0.05) is 30.8 Å². The number of hydrogen-bond donors (Lipinski definition) is 1. The second-order valence-electron chi connectivity index (χ2n) is 7.98. The number of nitrogens with one attached hydrogen (secondary N) is 1. The highest BCUT2D eigenvalue weighted by atomic mass is 16.1. The molecule has 1 aromatic heterocycles. The second-order valence-corrected chi connectivity index (χ2v) is 7.98. The molecule has 2 aromatic carbocycles. The Morgan fingerprint density at radius 1 is 0.931 bits per heavy atom. The smallest absolute Gasteiger partial charge is 0.220 e. The van der Waals surface area contributed by atoms with Gasteiger partial charge in [-0.2, -0.15) is 0 Å². The van der Waals surface area contributed by atoms with E-state index in [0.717, 1.165) is 32.2 Å². The Bertz CT molecular complexity index is 870. The molecule has 1 aliphatic carbocycles. The summed E-state index contributed by atoms with van der Waals surface area (Å²) in [5, 5.41) is 3.13. The molecule has 1 fully saturated rings. The molecule has 1 aliphatic rings. The van der Waals surface area contributed by atoms with Crippen LogP contribution < -0.4 is 5.32 Å². The lowest BCUT2D eigenvalue weighted by molar-refractivity contribution is -0.121. The topological polar surface area (TPSA) is 42.0 Å². The van der Waals surface area contributed by atoms with E-state index < -0.39 is 0 Å². The van der Waals surface area contributed by atoms with Gasteiger partial charge in [0.15, 0.2) is 0 Å². The van der Waals surface area contributed by atoms with Crippen molar-refractivity contribution in [1.29, 1.82) is 0 Å². The SMILES string of the molecule is O=C(C[C@@H]1CC1(c1ccccc1)c1ccccc1)NCCCCc1cccnc1. The first kappa shape index (κ1) is 19.4. The van der Waals surface area contributed by atoms with E-state index in [-0.39, 0.29) is 11.3 Å². The Morgan fingerprint density at radius 2 is 1.62 bits per heavy atom. The van der Waals surface area contributed by atoms with Crippen LogP contribution in [0.25, 0.3) is 0 Å². The van der Waals surface area contributed by atoms with Crippen molar-refractivity contribution >= 4 is 5.91 Å². The normalized spacial score (nSPS) is 16.9. The number of unbranched alkanes of at least 4 members (excludes halogenated alkanes) is 1. The summed E-state index contributed by atoms with van der Waals surface area (Å²) in [6, 6.07) is 25.4. The molecule has 3 nitrogen and oxygen atoms in total. The third-order valence-electron chi connectivity index (χ3n) is 6.05. The van der Waals surface area contributed by atoms with Crippen LogP contribution in [0.2, 0.25) is 0 Å². The van der Waals surface area contributed by atoms with Crippen LogP contribution in [-0.2, 0) is 16.6 Å². The highest BCUT2D eigenvalue weighted by Gasteiger charge is 2.56. The number of aryl methyl sites for hydroxylation is 1. The molecule has 0 unspecified atom stereocenters. The van der Waals surface area contributed by atoms with E-state index in [4.69, 9.17) is 0 Å². The van der Waals surface area contributed by atoms with Crippen molar-refractivity contribution in [2.75, 3.05) is 6.54 Å². The minimum Gasteiger partial charge on any atom is -0.356 e. The molecular weight excluding hydrogens is 356 g/mol. The number of carbonyl (C=O) groups is 1. The third-order valence-corrected chi connectivity index (χ3v) is 6.05. The van der Waals surface area contributed by atoms with Gasteiger partial charge < -0.3 is 5.32 Å². The van der Waals surface area contributed by atoms with Gasteiger partial charge in [-0.25, -0.2) is 0 Å². The predicted octanol–water partition coefficient (Wildman–Crippen LogP) is 4.92. The minimum absolute atomic E-state index is 0.0137. The maximum absolute atomic E-state index is 12.6. The van der Waals surface area contributed by atoms with Gasteiger partial charge in [-0.15, -0.1) is 0 Å². The van der Waals surface area contributed by atoms with E-state index in [1.807, 2.05) is 12.3 Å². The molecule has 0 spiro atoms. The number of amides is 1. The summed E-state index contributed by atoms with van der Waals surface area (Å²) in [4.78, 5) is 16.7. The standard InChI is InChI=1S/C26H28N2O/c29-25(28-17-8-7-10-21-11-9-16-27-20-21)18-24-19-26(24,22-12-3-1-4-13-22)23-14-5-2-6-15-23/h1-6,9,11-16,20,24H,7-8,10,17-19H2,(H,28,29)/t24-/m1/s1. The molecule has 0 saturated heterocycles. The maximum Gasteiger partial charge on any atom is 0.220 e. The number of carbonyl (C=O) groups excluding carboxylic acids is 1. The summed E-state index contributed by atoms with van der Waals surface area (Å²) < 4.78 is 0. The van der Waals surface area contributed by atoms with E-state index in [2.05, 4.69) is 77.0 Å². The van der Waals surface area contributed by atoms with Crippen molar-refractivity contribution in [2.45, 2.75) is 37.5 Å². The van der Waals surface area contributed by atoms with Crippen LogP contribution in [0, 0.1) is 5.92 Å². The molecule has 0 bridgehead atoms. The first-order valence-corrected chi connectivity index (χ1v) is 10.6. The Morgan fingerprint density at radius 3 is 2.24 bits per heavy atom. The molecule has 29 heavy (non-hydrogen) atoms. The fraction of sp³-hybridized carbons (Fsp3) is 0.308. The van der Waals surface area contributed by atoms with Gasteiger partial charge in [0.05, 0.1) is 0 Å². The van der Waals surface area contributed by atoms with Gasteiger partial charge in [0.25, 0.3) is 0 Å². The lowest BCUT2D eigenvalue weighted by atomic mass is 9.85. The Hall–Kier alpha value is -2.94. The van der Waals surface area contributed by atoms with E-state index >= 15 is 0 Å². The number of benzene rings is 2. The molecule has 1 amide bonds. The highest BCUT2D eigenvalue weighted by Crippen LogP contribution is 2.60. The summed E-state index contributed by atoms with van der Waals surface area (Å²) in [7, 11) is 0. The number of rotatable bonds is 9. The molecule has 0 aliphatic heterocycles. The largest absolute Gasteiger partial charge is 0.356 e. The van der Waals surface area contributed by atoms with E-state index in [0.29, 0.717) is 12.3 Å². The molecule has 1 atom stereocenters. The minimum atomic E-state index is -0.0137. The summed E-state index contributed by atoms with van der Waals surface area (Å²) in [6.07, 6.45) is 8.41. The van der Waals surface area contributed by atoms with E-state index in [1.54, 1.807) is 6.20 Å². The molecule has 1 heterocycles. The summed E-state index contributed by atoms with van der Waals surface area (Å²) in [6.45, 7) is 0.746. The molecule has 3 aromatic rings. The molecule has 1 N–H and O–H groups in total. The van der Waals surface area contributed by atoms with Crippen LogP contribution >= 0.6 is 0 Å². The van der Waals surface area contributed by atoms with Gasteiger partial charge in [0.2, 0.25) is 5.91 Å². The van der Waals surface area contributed by atoms with Gasteiger partial charge in [0.1, 0.15) is 0 Å². The first-order chi connectivity index (χ1) is 14.3. The predicted molar refractivity (Wildman–Crippen MR) is 117 cm³/mol. The van der Waals surface area contributed by atoms with Gasteiger partial charge in [-0.3, -0.25) is 9.78 Å². The zero-order valence-corrected chi connectivity index (χ0v) is 16.8. The Balaban J connectivity index is 1.29. The zero-order chi connectivity index (χ0) is 19.9. The molecule has 0 radical (unpaired) electrons. The summed E-state index contributed by atoms with van der Waals surface area (Å²) >= 11 is 0. The average Bonchev–Trinajstić information content (AvgIpc) is 3.50. The number of nitrogens with zero attached hydrogens (tertiary/aromatic N) is 1. The fourth-order valence-electron chi connectivity index (χ4n) is 4.44. The Kier molecular flexibility index (Phi) is 6.04. The molecule has 3 heteroatoms. The van der Waals surface area contributed by atoms with Gasteiger partial charge >= 0.3 is 0 Å². The fourth-order valence-corrected chi connectivity index (χ4v) is 4.44. The monoisotopic (exact) mass is 384 g/mol. The van der Waals surface area contributed by atoms with Crippen LogP contribution in [-0.4, -0.2) is 17.4 Å².